The third-order valence-electron chi connectivity index (χ3n) is 2.56. The molecule has 0 saturated heterocycles. The Hall–Kier alpha value is -1.07. The second kappa shape index (κ2) is 4.85. The first kappa shape index (κ1) is 11.4. The van der Waals surface area contributed by atoms with Gasteiger partial charge in [0.1, 0.15) is 7.57 Å². The van der Waals surface area contributed by atoms with Crippen molar-refractivity contribution >= 4 is 26.0 Å². The van der Waals surface area contributed by atoms with E-state index in [2.05, 4.69) is 62.4 Å². The van der Waals surface area contributed by atoms with Crippen molar-refractivity contribution in [1.82, 2.24) is 0 Å². The summed E-state index contributed by atoms with van der Waals surface area (Å²) in [6.07, 6.45) is 0. The van der Waals surface area contributed by atoms with Crippen molar-refractivity contribution in [3.05, 3.63) is 59.7 Å². The van der Waals surface area contributed by atoms with Crippen molar-refractivity contribution in [2.75, 3.05) is 0 Å². The minimum atomic E-state index is -0.703. The van der Waals surface area contributed by atoms with Gasteiger partial charge >= 0.3 is 0 Å². The lowest BCUT2D eigenvalue weighted by atomic mass is 10.2. The molecule has 2 radical (unpaired) electrons. The zero-order chi connectivity index (χ0) is 11.5. The van der Waals surface area contributed by atoms with Crippen LogP contribution in [0.1, 0.15) is 11.1 Å². The fourth-order valence-electron chi connectivity index (χ4n) is 1.70. The molecule has 2 heteroatoms. The molecule has 2 aromatic rings. The van der Waals surface area contributed by atoms with Gasteiger partial charge in [0.25, 0.3) is 0 Å². The predicted octanol–water partition coefficient (Wildman–Crippen LogP) is 2.82. The maximum atomic E-state index is 6.32. The quantitative estimate of drug-likeness (QED) is 0.543. The second-order valence-electron chi connectivity index (χ2n) is 4.05. The molecule has 0 fully saturated rings. The van der Waals surface area contributed by atoms with Crippen molar-refractivity contribution in [2.24, 2.45) is 0 Å². The lowest BCUT2D eigenvalue weighted by Gasteiger charge is -2.14. The molecular formula is C14H14BP. The molecule has 0 aromatic heterocycles. The third kappa shape index (κ3) is 2.54. The number of aryl methyl sites for hydroxylation is 2. The van der Waals surface area contributed by atoms with Crippen molar-refractivity contribution in [1.29, 1.82) is 0 Å². The first-order chi connectivity index (χ1) is 7.66. The zero-order valence-corrected chi connectivity index (χ0v) is 10.5. The molecule has 0 N–H and O–H groups in total. The van der Waals surface area contributed by atoms with Crippen molar-refractivity contribution in [3.63, 3.8) is 0 Å². The molecule has 0 saturated carbocycles. The van der Waals surface area contributed by atoms with Crippen LogP contribution in [0.25, 0.3) is 0 Å². The van der Waals surface area contributed by atoms with Crippen LogP contribution >= 0.6 is 7.80 Å². The van der Waals surface area contributed by atoms with Crippen molar-refractivity contribution < 1.29 is 0 Å². The monoisotopic (exact) mass is 224 g/mol. The van der Waals surface area contributed by atoms with E-state index in [9.17, 15) is 0 Å². The molecule has 0 amide bonds. The van der Waals surface area contributed by atoms with Crippen LogP contribution in [0, 0.1) is 13.8 Å². The molecule has 0 spiro atoms. The van der Waals surface area contributed by atoms with Crippen LogP contribution in [0.4, 0.5) is 0 Å². The summed E-state index contributed by atoms with van der Waals surface area (Å²) in [7, 11) is 5.62. The summed E-state index contributed by atoms with van der Waals surface area (Å²) < 4.78 is 0. The lowest BCUT2D eigenvalue weighted by molar-refractivity contribution is 1.49. The van der Waals surface area contributed by atoms with E-state index in [1.54, 1.807) is 0 Å². The summed E-state index contributed by atoms with van der Waals surface area (Å²) in [4.78, 5) is 0. The topological polar surface area (TPSA) is 0 Å². The van der Waals surface area contributed by atoms with E-state index < -0.39 is 7.80 Å². The molecule has 16 heavy (non-hydrogen) atoms. The Kier molecular flexibility index (Phi) is 3.46. The highest BCUT2D eigenvalue weighted by Gasteiger charge is 2.06. The lowest BCUT2D eigenvalue weighted by Crippen LogP contribution is -2.12. The molecule has 2 aromatic carbocycles. The average Bonchev–Trinajstić information content (AvgIpc) is 2.28. The van der Waals surface area contributed by atoms with Crippen LogP contribution in [0.2, 0.25) is 0 Å². The summed E-state index contributed by atoms with van der Waals surface area (Å²) in [6, 6.07) is 16.9. The van der Waals surface area contributed by atoms with E-state index in [0.29, 0.717) is 0 Å². The van der Waals surface area contributed by atoms with Gasteiger partial charge < -0.3 is 0 Å². The molecular weight excluding hydrogens is 210 g/mol. The predicted molar refractivity (Wildman–Crippen MR) is 74.3 cm³/mol. The molecule has 0 unspecified atom stereocenters. The molecule has 0 aliphatic rings. The Balaban J connectivity index is 2.35. The molecule has 0 atom stereocenters. The minimum Gasteiger partial charge on any atom is -0.0961 e. The molecule has 0 bridgehead atoms. The third-order valence-corrected chi connectivity index (χ3v) is 4.23. The van der Waals surface area contributed by atoms with Gasteiger partial charge in [-0.2, -0.15) is 0 Å². The Bertz CT molecular complexity index is 448. The van der Waals surface area contributed by atoms with Crippen LogP contribution in [-0.4, -0.2) is 7.57 Å². The van der Waals surface area contributed by atoms with Gasteiger partial charge in [-0.3, -0.25) is 0 Å². The first-order valence-electron chi connectivity index (χ1n) is 5.35. The van der Waals surface area contributed by atoms with Crippen LogP contribution in [0.3, 0.4) is 0 Å². The number of hydrogen-bond acceptors (Lipinski definition) is 0. The Morgan fingerprint density at radius 2 is 1.25 bits per heavy atom. The summed E-state index contributed by atoms with van der Waals surface area (Å²) in [5.41, 5.74) is 2.53. The Morgan fingerprint density at radius 1 is 0.812 bits per heavy atom. The summed E-state index contributed by atoms with van der Waals surface area (Å²) in [5.74, 6) is 0. The first-order valence-corrected chi connectivity index (χ1v) is 6.76. The van der Waals surface area contributed by atoms with E-state index in [1.165, 1.54) is 21.7 Å². The highest BCUT2D eigenvalue weighted by Crippen LogP contribution is 2.27. The maximum Gasteiger partial charge on any atom is 0.121 e. The van der Waals surface area contributed by atoms with Crippen LogP contribution in [-0.2, 0) is 0 Å². The van der Waals surface area contributed by atoms with Gasteiger partial charge in [-0.1, -0.05) is 67.5 Å². The van der Waals surface area contributed by atoms with Gasteiger partial charge in [0, 0.05) is 0 Å². The highest BCUT2D eigenvalue weighted by atomic mass is 31.1. The fraction of sp³-hybridized carbons (Fsp3) is 0.143. The largest absolute Gasteiger partial charge is 0.121 e. The summed E-state index contributed by atoms with van der Waals surface area (Å²) in [5, 5.41) is 2.47. The van der Waals surface area contributed by atoms with Gasteiger partial charge in [0.2, 0.25) is 0 Å². The smallest absolute Gasteiger partial charge is 0.0961 e. The minimum absolute atomic E-state index is 0.703. The standard InChI is InChI=1S/C14H14BP/c1-11-5-3-7-13(9-11)16(15)14-8-4-6-12(2)10-14/h3-10H,1-2H3. The number of rotatable bonds is 2. The van der Waals surface area contributed by atoms with Gasteiger partial charge in [0.05, 0.1) is 0 Å². The summed E-state index contributed by atoms with van der Waals surface area (Å²) >= 11 is 0. The van der Waals surface area contributed by atoms with Crippen LogP contribution in [0.15, 0.2) is 48.5 Å². The van der Waals surface area contributed by atoms with Crippen LogP contribution < -0.4 is 10.6 Å². The fourth-order valence-corrected chi connectivity index (χ4v) is 3.18. The van der Waals surface area contributed by atoms with E-state index in [-0.39, 0.29) is 0 Å². The van der Waals surface area contributed by atoms with Gasteiger partial charge in [-0.25, -0.2) is 0 Å². The van der Waals surface area contributed by atoms with E-state index in [4.69, 9.17) is 7.57 Å². The summed E-state index contributed by atoms with van der Waals surface area (Å²) in [6.45, 7) is 4.20. The van der Waals surface area contributed by atoms with Crippen LogP contribution in [0.5, 0.6) is 0 Å². The second-order valence-corrected chi connectivity index (χ2v) is 5.82. The SMILES string of the molecule is [B]P(c1cccc(C)c1)c1cccc(C)c1. The van der Waals surface area contributed by atoms with Gasteiger partial charge in [-0.05, 0) is 24.5 Å². The van der Waals surface area contributed by atoms with E-state index >= 15 is 0 Å². The molecule has 78 valence electrons. The molecule has 0 aliphatic heterocycles. The van der Waals surface area contributed by atoms with Crippen molar-refractivity contribution in [3.8, 4) is 0 Å². The van der Waals surface area contributed by atoms with Gasteiger partial charge in [-0.15, -0.1) is 0 Å². The Morgan fingerprint density at radius 3 is 1.62 bits per heavy atom. The maximum absolute atomic E-state index is 6.32. The van der Waals surface area contributed by atoms with Crippen molar-refractivity contribution in [2.45, 2.75) is 13.8 Å². The zero-order valence-electron chi connectivity index (χ0n) is 9.64. The number of benzene rings is 2. The molecule has 0 nitrogen and oxygen atoms in total. The average molecular weight is 224 g/mol. The van der Waals surface area contributed by atoms with E-state index in [1.807, 2.05) is 0 Å². The highest BCUT2D eigenvalue weighted by molar-refractivity contribution is 7.94. The molecule has 0 heterocycles. The Labute approximate surface area is 99.8 Å². The molecule has 2 rings (SSSR count). The van der Waals surface area contributed by atoms with Gasteiger partial charge in [0.15, 0.2) is 0 Å². The number of hydrogen-bond donors (Lipinski definition) is 0. The van der Waals surface area contributed by atoms with E-state index in [0.717, 1.165) is 0 Å². The molecule has 0 aliphatic carbocycles. The normalized spacial score (nSPS) is 10.7.